The average Bonchev–Trinajstić information content (AvgIpc) is 3.14. The van der Waals surface area contributed by atoms with Crippen LogP contribution in [0.3, 0.4) is 0 Å². The standard InChI is InChI=1S/C42H53N4O5P/c1-9-45(10-2)38-25-17-33(18-26-38)40(32-15-23-36(24-16-32)43(5)6)14-13-31-42(51-52(49,50)41(47)48,34-19-27-37(28-20-34)44(7)8)35-21-29-39(30-22-35)46(11-3)12-4/h13-31H,9-12H2,1-8H3,(H,47,48)(H,49,50). The summed E-state index contributed by atoms with van der Waals surface area (Å²) in [5, 5.41) is 9.87. The van der Waals surface area contributed by atoms with Gasteiger partial charge in [0, 0.05) is 77.1 Å². The quantitative estimate of drug-likeness (QED) is 0.0816. The fourth-order valence-corrected chi connectivity index (χ4v) is 7.00. The first-order valence-corrected chi connectivity index (χ1v) is 19.3. The Morgan fingerprint density at radius 3 is 1.33 bits per heavy atom. The molecule has 52 heavy (non-hydrogen) atoms. The topological polar surface area (TPSA) is 96.8 Å². The molecule has 2 unspecified atom stereocenters. The highest BCUT2D eigenvalue weighted by Gasteiger charge is 2.44. The van der Waals surface area contributed by atoms with E-state index < -0.39 is 18.9 Å². The summed E-state index contributed by atoms with van der Waals surface area (Å²) in [6, 6.07) is 31.5. The SMILES string of the molecule is CCN(CC)c1ccc(C(=CC=CC(OP(=O)(O)C(=O)O)(c2ccc(N(C)C)cc2)c2ccc(N(CC)CC)cc2)c2ccc(N(C)C)cc2)cc1. The van der Waals surface area contributed by atoms with Gasteiger partial charge < -0.3 is 29.6 Å². The number of hydrogen-bond acceptors (Lipinski definition) is 7. The van der Waals surface area contributed by atoms with Crippen molar-refractivity contribution in [3.05, 3.63) is 138 Å². The van der Waals surface area contributed by atoms with Crippen LogP contribution in [0.5, 0.6) is 0 Å². The number of allylic oxidation sites excluding steroid dienone is 2. The van der Waals surface area contributed by atoms with Gasteiger partial charge in [-0.15, -0.1) is 0 Å². The minimum Gasteiger partial charge on any atom is -0.472 e. The highest BCUT2D eigenvalue weighted by atomic mass is 31.2. The Morgan fingerprint density at radius 1 is 0.635 bits per heavy atom. The van der Waals surface area contributed by atoms with Crippen molar-refractivity contribution in [2.45, 2.75) is 33.3 Å². The molecule has 0 radical (unpaired) electrons. The van der Waals surface area contributed by atoms with Crippen molar-refractivity contribution >= 4 is 41.6 Å². The molecule has 0 saturated heterocycles. The Bertz CT molecular complexity index is 1860. The molecule has 4 rings (SSSR count). The number of carboxylic acid groups (broad SMARTS) is 1. The lowest BCUT2D eigenvalue weighted by Crippen LogP contribution is -2.29. The second-order valence-electron chi connectivity index (χ2n) is 12.9. The first-order valence-electron chi connectivity index (χ1n) is 17.7. The van der Waals surface area contributed by atoms with Gasteiger partial charge in [0.05, 0.1) is 0 Å². The Hall–Kier alpha value is -4.82. The fourth-order valence-electron chi connectivity index (χ4n) is 6.26. The molecule has 0 aliphatic carbocycles. The highest BCUT2D eigenvalue weighted by molar-refractivity contribution is 7.70. The lowest BCUT2D eigenvalue weighted by Gasteiger charge is -2.33. The number of carbonyl (C=O) groups is 1. The van der Waals surface area contributed by atoms with E-state index in [0.717, 1.165) is 65.6 Å². The zero-order chi connectivity index (χ0) is 38.1. The van der Waals surface area contributed by atoms with Gasteiger partial charge in [0.1, 0.15) is 5.60 Å². The van der Waals surface area contributed by atoms with Gasteiger partial charge in [0.2, 0.25) is 0 Å². The van der Waals surface area contributed by atoms with E-state index in [2.05, 4.69) is 86.0 Å². The van der Waals surface area contributed by atoms with Gasteiger partial charge in [-0.05, 0) is 110 Å². The Balaban J connectivity index is 1.98. The number of rotatable bonds is 17. The van der Waals surface area contributed by atoms with Crippen molar-refractivity contribution < 1.29 is 23.9 Å². The summed E-state index contributed by atoms with van der Waals surface area (Å²) in [5.41, 5.74) is 4.22. The van der Waals surface area contributed by atoms with Crippen LogP contribution in [0.1, 0.15) is 49.9 Å². The molecule has 0 saturated carbocycles. The zero-order valence-corrected chi connectivity index (χ0v) is 32.5. The number of nitrogens with zero attached hydrogens (tertiary/aromatic N) is 4. The van der Waals surface area contributed by atoms with Crippen molar-refractivity contribution in [1.82, 2.24) is 0 Å². The average molecular weight is 725 g/mol. The summed E-state index contributed by atoms with van der Waals surface area (Å²) in [6.07, 6.45) is 5.40. The van der Waals surface area contributed by atoms with Crippen LogP contribution in [0.4, 0.5) is 27.5 Å². The van der Waals surface area contributed by atoms with Gasteiger partial charge in [-0.25, -0.2) is 9.36 Å². The molecule has 276 valence electrons. The first-order chi connectivity index (χ1) is 24.8. The third kappa shape index (κ3) is 9.15. The Kier molecular flexibility index (Phi) is 13.5. The summed E-state index contributed by atoms with van der Waals surface area (Å²) >= 11 is 0. The number of anilines is 4. The van der Waals surface area contributed by atoms with Crippen LogP contribution >= 0.6 is 7.60 Å². The second kappa shape index (κ2) is 17.6. The van der Waals surface area contributed by atoms with Gasteiger partial charge in [-0.1, -0.05) is 60.7 Å². The van der Waals surface area contributed by atoms with Crippen molar-refractivity contribution in [1.29, 1.82) is 0 Å². The molecule has 9 nitrogen and oxygen atoms in total. The monoisotopic (exact) mass is 724 g/mol. The summed E-state index contributed by atoms with van der Waals surface area (Å²) in [4.78, 5) is 31.5. The summed E-state index contributed by atoms with van der Waals surface area (Å²) < 4.78 is 19.3. The van der Waals surface area contributed by atoms with Gasteiger partial charge in [-0.2, -0.15) is 0 Å². The predicted molar refractivity (Wildman–Crippen MR) is 217 cm³/mol. The maximum Gasteiger partial charge on any atom is 0.437 e. The molecule has 0 fully saturated rings. The Labute approximate surface area is 309 Å². The maximum absolute atomic E-state index is 13.3. The van der Waals surface area contributed by atoms with E-state index >= 15 is 0 Å². The van der Waals surface area contributed by atoms with E-state index in [1.54, 1.807) is 24.3 Å². The summed E-state index contributed by atoms with van der Waals surface area (Å²) in [5.74, 6) is 0. The van der Waals surface area contributed by atoms with Gasteiger partial charge in [-0.3, -0.25) is 4.52 Å². The van der Waals surface area contributed by atoms with E-state index in [1.807, 2.05) is 80.5 Å². The molecule has 0 bridgehead atoms. The second-order valence-corrected chi connectivity index (χ2v) is 14.5. The molecular formula is C42H53N4O5P. The van der Waals surface area contributed by atoms with Crippen LogP contribution in [0, 0.1) is 0 Å². The number of benzene rings is 4. The number of hydrogen-bond donors (Lipinski definition) is 2. The van der Waals surface area contributed by atoms with Crippen LogP contribution in [0.15, 0.2) is 115 Å². The van der Waals surface area contributed by atoms with Crippen LogP contribution in [0.25, 0.3) is 5.57 Å². The minimum absolute atomic E-state index is 0.495. The molecule has 2 N–H and O–H groups in total. The van der Waals surface area contributed by atoms with E-state index in [9.17, 15) is 19.4 Å². The molecule has 2 atom stereocenters. The first kappa shape index (κ1) is 40.0. The predicted octanol–water partition coefficient (Wildman–Crippen LogP) is 9.32. The summed E-state index contributed by atoms with van der Waals surface area (Å²) in [6.45, 7) is 11.8. The largest absolute Gasteiger partial charge is 0.472 e. The van der Waals surface area contributed by atoms with Gasteiger partial charge in [0.25, 0.3) is 0 Å². The molecule has 0 aliphatic rings. The molecule has 0 spiro atoms. The third-order valence-electron chi connectivity index (χ3n) is 9.34. The van der Waals surface area contributed by atoms with E-state index in [-0.39, 0.29) is 0 Å². The maximum atomic E-state index is 13.3. The minimum atomic E-state index is -5.19. The van der Waals surface area contributed by atoms with E-state index in [4.69, 9.17) is 4.52 Å². The highest BCUT2D eigenvalue weighted by Crippen LogP contribution is 2.53. The molecule has 0 heterocycles. The molecule has 0 aromatic heterocycles. The molecule has 0 amide bonds. The van der Waals surface area contributed by atoms with Crippen LogP contribution < -0.4 is 19.6 Å². The van der Waals surface area contributed by atoms with Crippen LogP contribution in [-0.4, -0.2) is 70.1 Å². The smallest absolute Gasteiger partial charge is 0.437 e. The van der Waals surface area contributed by atoms with Gasteiger partial charge in [0.15, 0.2) is 0 Å². The molecule has 10 heteroatoms. The van der Waals surface area contributed by atoms with Crippen LogP contribution in [-0.2, 0) is 14.7 Å². The van der Waals surface area contributed by atoms with E-state index in [1.165, 1.54) is 0 Å². The lowest BCUT2D eigenvalue weighted by atomic mass is 9.85. The van der Waals surface area contributed by atoms with Crippen molar-refractivity contribution in [3.8, 4) is 0 Å². The van der Waals surface area contributed by atoms with E-state index in [0.29, 0.717) is 11.1 Å². The molecule has 4 aromatic carbocycles. The molecule has 4 aromatic rings. The molecule has 0 aliphatic heterocycles. The van der Waals surface area contributed by atoms with Crippen molar-refractivity contribution in [3.63, 3.8) is 0 Å². The van der Waals surface area contributed by atoms with Crippen molar-refractivity contribution in [2.75, 3.05) is 74.0 Å². The molecular weight excluding hydrogens is 671 g/mol. The third-order valence-corrected chi connectivity index (χ3v) is 10.4. The van der Waals surface area contributed by atoms with Gasteiger partial charge >= 0.3 is 13.3 Å². The van der Waals surface area contributed by atoms with Crippen LogP contribution in [0.2, 0.25) is 0 Å². The Morgan fingerprint density at radius 2 is 0.981 bits per heavy atom. The van der Waals surface area contributed by atoms with Crippen molar-refractivity contribution in [2.24, 2.45) is 0 Å². The zero-order valence-electron chi connectivity index (χ0n) is 31.7. The fraction of sp³-hybridized carbons (Fsp3) is 0.310. The summed E-state index contributed by atoms with van der Waals surface area (Å²) in [7, 11) is 2.64. The lowest BCUT2D eigenvalue weighted by molar-refractivity contribution is 0.132. The normalized spacial score (nSPS) is 14.1.